The molecule has 26 heavy (non-hydrogen) atoms. The highest BCUT2D eigenvalue weighted by Gasteiger charge is 2.39. The molecule has 0 saturated carbocycles. The Bertz CT molecular complexity index is 678. The molecule has 1 unspecified atom stereocenters. The Morgan fingerprint density at radius 3 is 2.77 bits per heavy atom. The monoisotopic (exact) mass is 358 g/mol. The Balaban J connectivity index is 1.91. The number of urea groups is 1. The van der Waals surface area contributed by atoms with E-state index in [9.17, 15) is 9.59 Å². The molecule has 3 amide bonds. The van der Waals surface area contributed by atoms with Gasteiger partial charge in [0.25, 0.3) is 0 Å². The molecule has 142 valence electrons. The fraction of sp³-hybridized carbons (Fsp3) is 0.600. The Labute approximate surface area is 156 Å². The first-order chi connectivity index (χ1) is 12.4. The topological polar surface area (TPSA) is 55.9 Å². The summed E-state index contributed by atoms with van der Waals surface area (Å²) in [5.41, 5.74) is 1.79. The molecule has 2 heterocycles. The molecule has 1 aromatic carbocycles. The summed E-state index contributed by atoms with van der Waals surface area (Å²) in [6, 6.07) is 7.45. The summed E-state index contributed by atoms with van der Waals surface area (Å²) in [5.74, 6) is 0.00232. The second-order valence-electron chi connectivity index (χ2n) is 7.70. The van der Waals surface area contributed by atoms with Crippen molar-refractivity contribution in [3.8, 4) is 0 Å². The Hall–Kier alpha value is -2.08. The Kier molecular flexibility index (Phi) is 5.51. The van der Waals surface area contributed by atoms with Crippen LogP contribution in [0.4, 0.5) is 10.5 Å². The zero-order valence-electron chi connectivity index (χ0n) is 16.2. The van der Waals surface area contributed by atoms with Crippen molar-refractivity contribution in [2.24, 2.45) is 5.92 Å². The number of hydrogen-bond acceptors (Lipinski definition) is 3. The van der Waals surface area contributed by atoms with Crippen LogP contribution in [0.15, 0.2) is 24.3 Å². The molecule has 2 aliphatic rings. The minimum absolute atomic E-state index is 0.0533. The molecule has 2 aliphatic heterocycles. The van der Waals surface area contributed by atoms with Gasteiger partial charge in [0.1, 0.15) is 6.04 Å². The van der Waals surface area contributed by atoms with Gasteiger partial charge in [0, 0.05) is 25.3 Å². The van der Waals surface area contributed by atoms with Gasteiger partial charge in [0.2, 0.25) is 5.91 Å². The number of carbonyl (C=O) groups excluding carboxylic acids is 2. The van der Waals surface area contributed by atoms with Crippen LogP contribution in [0.5, 0.6) is 0 Å². The molecular formula is C20H30N4O2. The largest absolute Gasteiger partial charge is 0.324 e. The predicted molar refractivity (Wildman–Crippen MR) is 103 cm³/mol. The summed E-state index contributed by atoms with van der Waals surface area (Å²) < 4.78 is 0. The van der Waals surface area contributed by atoms with Gasteiger partial charge in [-0.15, -0.1) is 0 Å². The van der Waals surface area contributed by atoms with E-state index in [4.69, 9.17) is 0 Å². The number of likely N-dealkylation sites (tertiary alicyclic amines) is 1. The van der Waals surface area contributed by atoms with Crippen molar-refractivity contribution in [2.45, 2.75) is 45.3 Å². The molecule has 1 saturated heterocycles. The number of carbonyl (C=O) groups is 2. The van der Waals surface area contributed by atoms with Gasteiger partial charge in [0.05, 0.1) is 6.54 Å². The van der Waals surface area contributed by atoms with E-state index in [-0.39, 0.29) is 23.9 Å². The van der Waals surface area contributed by atoms with Crippen LogP contribution in [0.1, 0.15) is 32.3 Å². The quantitative estimate of drug-likeness (QED) is 0.904. The number of benzene rings is 1. The minimum Gasteiger partial charge on any atom is -0.324 e. The van der Waals surface area contributed by atoms with E-state index >= 15 is 0 Å². The molecule has 0 radical (unpaired) electrons. The third-order valence-corrected chi connectivity index (χ3v) is 5.86. The second-order valence-corrected chi connectivity index (χ2v) is 7.70. The van der Waals surface area contributed by atoms with Crippen LogP contribution in [0.2, 0.25) is 0 Å². The number of fused-ring (bicyclic) bond motifs is 1. The summed E-state index contributed by atoms with van der Waals surface area (Å²) in [6.07, 6.45) is 1.82. The molecule has 0 aliphatic carbocycles. The van der Waals surface area contributed by atoms with Gasteiger partial charge < -0.3 is 20.0 Å². The lowest BCUT2D eigenvalue weighted by Crippen LogP contribution is -2.54. The Morgan fingerprint density at radius 2 is 2.12 bits per heavy atom. The van der Waals surface area contributed by atoms with Gasteiger partial charge in [-0.3, -0.25) is 4.79 Å². The number of anilines is 1. The normalized spacial score (nSPS) is 24.6. The molecule has 0 aromatic heterocycles. The fourth-order valence-corrected chi connectivity index (χ4v) is 3.97. The van der Waals surface area contributed by atoms with Crippen LogP contribution in [0.25, 0.3) is 0 Å². The fourth-order valence-electron chi connectivity index (χ4n) is 3.97. The maximum absolute atomic E-state index is 13.4. The summed E-state index contributed by atoms with van der Waals surface area (Å²) in [6.45, 7) is 6.45. The number of amides is 3. The molecule has 3 atom stereocenters. The van der Waals surface area contributed by atoms with Crippen molar-refractivity contribution in [2.75, 3.05) is 32.5 Å². The van der Waals surface area contributed by atoms with E-state index in [0.29, 0.717) is 6.54 Å². The van der Waals surface area contributed by atoms with Crippen LogP contribution >= 0.6 is 0 Å². The van der Waals surface area contributed by atoms with Crippen molar-refractivity contribution in [1.29, 1.82) is 0 Å². The van der Waals surface area contributed by atoms with Crippen molar-refractivity contribution < 1.29 is 9.59 Å². The van der Waals surface area contributed by atoms with Gasteiger partial charge in [-0.1, -0.05) is 38.5 Å². The van der Waals surface area contributed by atoms with E-state index in [2.05, 4.69) is 24.2 Å². The minimum atomic E-state index is -0.457. The van der Waals surface area contributed by atoms with Gasteiger partial charge in [-0.05, 0) is 37.6 Å². The number of para-hydroxylation sites is 1. The standard InChI is InChI=1S/C20H30N4O2/c1-5-14(2)18-19(25)21-17-9-7-6-8-15(17)12-24(18)20(26)23(4)16-10-11-22(3)13-16/h6-9,14,16,18H,5,10-13H2,1-4H3,(H,21,25)/t14-,16?,18-/m0/s1. The third kappa shape index (κ3) is 3.56. The lowest BCUT2D eigenvalue weighted by atomic mass is 9.97. The van der Waals surface area contributed by atoms with Gasteiger partial charge in [-0.2, -0.15) is 0 Å². The smallest absolute Gasteiger partial charge is 0.321 e. The molecule has 1 N–H and O–H groups in total. The van der Waals surface area contributed by atoms with Gasteiger partial charge >= 0.3 is 6.03 Å². The third-order valence-electron chi connectivity index (χ3n) is 5.86. The lowest BCUT2D eigenvalue weighted by molar-refractivity contribution is -0.122. The molecule has 1 aromatic rings. The molecule has 0 spiro atoms. The zero-order chi connectivity index (χ0) is 18.8. The van der Waals surface area contributed by atoms with Crippen molar-refractivity contribution in [1.82, 2.24) is 14.7 Å². The van der Waals surface area contributed by atoms with Gasteiger partial charge in [-0.25, -0.2) is 4.79 Å². The molecule has 0 bridgehead atoms. The molecule has 6 nitrogen and oxygen atoms in total. The summed E-state index contributed by atoms with van der Waals surface area (Å²) in [7, 11) is 3.95. The summed E-state index contributed by atoms with van der Waals surface area (Å²) in [4.78, 5) is 32.2. The van der Waals surface area contributed by atoms with Crippen molar-refractivity contribution in [3.63, 3.8) is 0 Å². The molecule has 1 fully saturated rings. The van der Waals surface area contributed by atoms with Crippen LogP contribution < -0.4 is 5.32 Å². The first kappa shape index (κ1) is 18.7. The maximum atomic E-state index is 13.4. The molecule has 3 rings (SSSR count). The highest BCUT2D eigenvalue weighted by atomic mass is 16.2. The second kappa shape index (κ2) is 7.66. The van der Waals surface area contributed by atoms with Crippen LogP contribution in [0.3, 0.4) is 0 Å². The number of nitrogens with one attached hydrogen (secondary N) is 1. The van der Waals surface area contributed by atoms with Gasteiger partial charge in [0.15, 0.2) is 0 Å². The first-order valence-corrected chi connectivity index (χ1v) is 9.53. The van der Waals surface area contributed by atoms with E-state index < -0.39 is 6.04 Å². The highest BCUT2D eigenvalue weighted by molar-refractivity contribution is 5.98. The molecule has 6 heteroatoms. The average molecular weight is 358 g/mol. The molecular weight excluding hydrogens is 328 g/mol. The SMILES string of the molecule is CC[C@H](C)[C@H]1C(=O)Nc2ccccc2CN1C(=O)N(C)C1CCN(C)C1. The maximum Gasteiger partial charge on any atom is 0.321 e. The van der Waals surface area contributed by atoms with Crippen molar-refractivity contribution in [3.05, 3.63) is 29.8 Å². The predicted octanol–water partition coefficient (Wildman–Crippen LogP) is 2.61. The van der Waals surface area contributed by atoms with Crippen LogP contribution in [0, 0.1) is 5.92 Å². The lowest BCUT2D eigenvalue weighted by Gasteiger charge is -2.37. The average Bonchev–Trinajstić information content (AvgIpc) is 3.00. The van der Waals surface area contributed by atoms with E-state index in [0.717, 1.165) is 37.2 Å². The van der Waals surface area contributed by atoms with Crippen LogP contribution in [-0.4, -0.2) is 65.9 Å². The van der Waals surface area contributed by atoms with E-state index in [1.165, 1.54) is 0 Å². The summed E-state index contributed by atoms with van der Waals surface area (Å²) >= 11 is 0. The number of rotatable bonds is 3. The number of likely N-dealkylation sites (N-methyl/N-ethyl adjacent to an activating group) is 2. The first-order valence-electron chi connectivity index (χ1n) is 9.53. The Morgan fingerprint density at radius 1 is 1.38 bits per heavy atom. The highest BCUT2D eigenvalue weighted by Crippen LogP contribution is 2.28. The van der Waals surface area contributed by atoms with E-state index in [1.54, 1.807) is 4.90 Å². The van der Waals surface area contributed by atoms with E-state index in [1.807, 2.05) is 43.1 Å². The number of nitrogens with zero attached hydrogens (tertiary/aromatic N) is 3. The van der Waals surface area contributed by atoms with Crippen LogP contribution in [-0.2, 0) is 11.3 Å². The van der Waals surface area contributed by atoms with Crippen molar-refractivity contribution >= 4 is 17.6 Å². The number of hydrogen-bond donors (Lipinski definition) is 1. The summed E-state index contributed by atoms with van der Waals surface area (Å²) in [5, 5.41) is 3.03. The zero-order valence-corrected chi connectivity index (χ0v) is 16.2.